The van der Waals surface area contributed by atoms with Gasteiger partial charge >= 0.3 is 0 Å². The summed E-state index contributed by atoms with van der Waals surface area (Å²) in [4.78, 5) is 12.8. The van der Waals surface area contributed by atoms with Crippen LogP contribution >= 0.6 is 0 Å². The molecule has 5 nitrogen and oxygen atoms in total. The number of sulfone groups is 1. The largest absolute Gasteiger partial charge is 0.488 e. The summed E-state index contributed by atoms with van der Waals surface area (Å²) in [6, 6.07) is 15.2. The fraction of sp³-hybridized carbons (Fsp3) is 0.125. The number of amides is 1. The van der Waals surface area contributed by atoms with Gasteiger partial charge < -0.3 is 10.1 Å². The number of carbonyl (C=O) groups is 1. The highest BCUT2D eigenvalue weighted by atomic mass is 32.2. The lowest BCUT2D eigenvalue weighted by Crippen LogP contribution is -2.17. The van der Waals surface area contributed by atoms with Crippen molar-refractivity contribution in [3.05, 3.63) is 93.6 Å². The van der Waals surface area contributed by atoms with Gasteiger partial charge in [0, 0.05) is 16.8 Å². The topological polar surface area (TPSA) is 72.5 Å². The van der Waals surface area contributed by atoms with Gasteiger partial charge in [-0.05, 0) is 79.6 Å². The van der Waals surface area contributed by atoms with Gasteiger partial charge in [0.15, 0.2) is 0 Å². The number of fused-ring (bicyclic) bond motifs is 1. The van der Waals surface area contributed by atoms with E-state index in [1.54, 1.807) is 18.2 Å². The Bertz CT molecular complexity index is 1310. The molecule has 4 rings (SSSR count). The smallest absolute Gasteiger partial charge is 0.255 e. The van der Waals surface area contributed by atoms with Gasteiger partial charge in [-0.3, -0.25) is 4.79 Å². The van der Waals surface area contributed by atoms with Crippen molar-refractivity contribution in [2.45, 2.75) is 18.7 Å². The molecule has 1 amide bonds. The van der Waals surface area contributed by atoms with Gasteiger partial charge in [0.1, 0.15) is 18.2 Å². The SMILES string of the molecule is Cc1cccc(NC(=O)c2ccc3c(c2)C=C(S(=O)(=O)c2ccc(F)cc2)CO3)c1C. The van der Waals surface area contributed by atoms with Gasteiger partial charge in [-0.1, -0.05) is 12.1 Å². The third kappa shape index (κ3) is 4.09. The number of nitrogens with one attached hydrogen (secondary N) is 1. The Labute approximate surface area is 180 Å². The molecular weight excluding hydrogens is 417 g/mol. The number of anilines is 1. The fourth-order valence-electron chi connectivity index (χ4n) is 3.30. The Morgan fingerprint density at radius 2 is 1.77 bits per heavy atom. The minimum Gasteiger partial charge on any atom is -0.488 e. The molecule has 1 aliphatic heterocycles. The zero-order valence-corrected chi connectivity index (χ0v) is 17.8. The van der Waals surface area contributed by atoms with Crippen LogP contribution in [0.5, 0.6) is 5.75 Å². The quantitative estimate of drug-likeness (QED) is 0.589. The molecule has 0 saturated carbocycles. The predicted molar refractivity (Wildman–Crippen MR) is 117 cm³/mol. The van der Waals surface area contributed by atoms with Crippen LogP contribution in [-0.2, 0) is 9.84 Å². The van der Waals surface area contributed by atoms with Crippen molar-refractivity contribution >= 4 is 27.5 Å². The molecule has 1 N–H and O–H groups in total. The highest BCUT2D eigenvalue weighted by molar-refractivity contribution is 7.95. The van der Waals surface area contributed by atoms with E-state index in [4.69, 9.17) is 4.74 Å². The maximum atomic E-state index is 13.2. The third-order valence-corrected chi connectivity index (χ3v) is 7.10. The molecule has 0 atom stereocenters. The minimum atomic E-state index is -3.84. The number of ether oxygens (including phenoxy) is 1. The maximum Gasteiger partial charge on any atom is 0.255 e. The lowest BCUT2D eigenvalue weighted by atomic mass is 10.1. The second-order valence-corrected chi connectivity index (χ2v) is 9.31. The standard InChI is InChI=1S/C24H20FNO4S/c1-15-4-3-5-22(16(15)2)26-24(27)17-6-11-23-18(12-17)13-21(14-30-23)31(28,29)20-9-7-19(25)8-10-20/h3-13H,14H2,1-2H3,(H,26,27). The second-order valence-electron chi connectivity index (χ2n) is 7.31. The van der Waals surface area contributed by atoms with Gasteiger partial charge in [0.05, 0.1) is 9.80 Å². The van der Waals surface area contributed by atoms with Crippen molar-refractivity contribution in [2.75, 3.05) is 11.9 Å². The summed E-state index contributed by atoms with van der Waals surface area (Å²) >= 11 is 0. The van der Waals surface area contributed by atoms with Crippen LogP contribution in [0.3, 0.4) is 0 Å². The number of halogens is 1. The number of hydrogen-bond acceptors (Lipinski definition) is 4. The van der Waals surface area contributed by atoms with E-state index in [1.807, 2.05) is 32.0 Å². The van der Waals surface area contributed by atoms with Crippen LogP contribution in [0, 0.1) is 19.7 Å². The highest BCUT2D eigenvalue weighted by Crippen LogP contribution is 2.32. The monoisotopic (exact) mass is 437 g/mol. The van der Waals surface area contributed by atoms with Crippen LogP contribution in [0.2, 0.25) is 0 Å². The van der Waals surface area contributed by atoms with E-state index in [0.29, 0.717) is 22.6 Å². The molecule has 0 bridgehead atoms. The first kappa shape index (κ1) is 20.8. The summed E-state index contributed by atoms with van der Waals surface area (Å²) in [5.41, 5.74) is 3.62. The van der Waals surface area contributed by atoms with E-state index < -0.39 is 15.7 Å². The number of rotatable bonds is 4. The predicted octanol–water partition coefficient (Wildman–Crippen LogP) is 4.90. The van der Waals surface area contributed by atoms with Crippen LogP contribution < -0.4 is 10.1 Å². The van der Waals surface area contributed by atoms with Gasteiger partial charge in [-0.2, -0.15) is 0 Å². The molecule has 31 heavy (non-hydrogen) atoms. The van der Waals surface area contributed by atoms with E-state index in [-0.39, 0.29) is 22.3 Å². The number of benzene rings is 3. The average molecular weight is 437 g/mol. The molecular formula is C24H20FNO4S. The van der Waals surface area contributed by atoms with Crippen molar-refractivity contribution in [3.8, 4) is 5.75 Å². The Morgan fingerprint density at radius 1 is 1.03 bits per heavy atom. The molecule has 0 saturated heterocycles. The summed E-state index contributed by atoms with van der Waals surface area (Å²) < 4.78 is 44.5. The molecule has 158 valence electrons. The molecule has 7 heteroatoms. The molecule has 1 aliphatic rings. The van der Waals surface area contributed by atoms with E-state index in [1.165, 1.54) is 18.2 Å². The molecule has 3 aromatic carbocycles. The van der Waals surface area contributed by atoms with Crippen LogP contribution in [0.15, 0.2) is 70.5 Å². The highest BCUT2D eigenvalue weighted by Gasteiger charge is 2.25. The lowest BCUT2D eigenvalue weighted by Gasteiger charge is -2.19. The number of hydrogen-bond donors (Lipinski definition) is 1. The Hall–Kier alpha value is -3.45. The summed E-state index contributed by atoms with van der Waals surface area (Å²) in [6.45, 7) is 3.76. The van der Waals surface area contributed by atoms with Crippen molar-refractivity contribution in [1.82, 2.24) is 0 Å². The Morgan fingerprint density at radius 3 is 2.52 bits per heavy atom. The lowest BCUT2D eigenvalue weighted by molar-refractivity contribution is 0.102. The van der Waals surface area contributed by atoms with Gasteiger partial charge in [0.2, 0.25) is 9.84 Å². The zero-order chi connectivity index (χ0) is 22.2. The van der Waals surface area contributed by atoms with E-state index >= 15 is 0 Å². The maximum absolute atomic E-state index is 13.2. The van der Waals surface area contributed by atoms with Gasteiger partial charge in [-0.25, -0.2) is 12.8 Å². The summed E-state index contributed by atoms with van der Waals surface area (Å²) in [6.07, 6.45) is 1.49. The molecule has 0 fully saturated rings. The fourth-order valence-corrected chi connectivity index (χ4v) is 4.59. The summed E-state index contributed by atoms with van der Waals surface area (Å²) in [5.74, 6) is -0.336. The average Bonchev–Trinajstić information content (AvgIpc) is 2.76. The van der Waals surface area contributed by atoms with E-state index in [0.717, 1.165) is 23.3 Å². The molecule has 1 heterocycles. The second kappa shape index (κ2) is 8.00. The van der Waals surface area contributed by atoms with Crippen molar-refractivity contribution < 1.29 is 22.3 Å². The Balaban J connectivity index is 1.64. The first-order chi connectivity index (χ1) is 14.8. The summed E-state index contributed by atoms with van der Waals surface area (Å²) in [5, 5.41) is 2.89. The molecule has 0 radical (unpaired) electrons. The summed E-state index contributed by atoms with van der Waals surface area (Å²) in [7, 11) is -3.84. The van der Waals surface area contributed by atoms with Crippen LogP contribution in [0.1, 0.15) is 27.0 Å². The first-order valence-electron chi connectivity index (χ1n) is 9.61. The van der Waals surface area contributed by atoms with Crippen LogP contribution in [0.4, 0.5) is 10.1 Å². The Kier molecular flexibility index (Phi) is 5.37. The van der Waals surface area contributed by atoms with Crippen molar-refractivity contribution in [3.63, 3.8) is 0 Å². The van der Waals surface area contributed by atoms with Crippen molar-refractivity contribution in [2.24, 2.45) is 0 Å². The van der Waals surface area contributed by atoms with E-state index in [2.05, 4.69) is 5.32 Å². The van der Waals surface area contributed by atoms with Crippen molar-refractivity contribution in [1.29, 1.82) is 0 Å². The van der Waals surface area contributed by atoms with Gasteiger partial charge in [-0.15, -0.1) is 0 Å². The molecule has 0 aromatic heterocycles. The number of carbonyl (C=O) groups excluding carboxylic acids is 1. The van der Waals surface area contributed by atoms with Crippen LogP contribution in [-0.4, -0.2) is 20.9 Å². The van der Waals surface area contributed by atoms with Gasteiger partial charge in [0.25, 0.3) is 5.91 Å². The molecule has 0 aliphatic carbocycles. The third-order valence-electron chi connectivity index (χ3n) is 5.28. The molecule has 0 spiro atoms. The van der Waals surface area contributed by atoms with Crippen LogP contribution in [0.25, 0.3) is 6.08 Å². The molecule has 3 aromatic rings. The number of aryl methyl sites for hydroxylation is 1. The van der Waals surface area contributed by atoms with E-state index in [9.17, 15) is 17.6 Å². The normalized spacial score (nSPS) is 13.1. The zero-order valence-electron chi connectivity index (χ0n) is 17.0. The first-order valence-corrected chi connectivity index (χ1v) is 11.1. The molecule has 0 unspecified atom stereocenters. The minimum absolute atomic E-state index is 0.0176.